The number of ether oxygens (including phenoxy) is 2. The predicted molar refractivity (Wildman–Crippen MR) is 94.7 cm³/mol. The highest BCUT2D eigenvalue weighted by molar-refractivity contribution is 5.90. The smallest absolute Gasteiger partial charge is 0.343 e. The van der Waals surface area contributed by atoms with Crippen LogP contribution in [0.3, 0.4) is 0 Å². The second-order valence-electron chi connectivity index (χ2n) is 5.67. The molecule has 0 aromatic heterocycles. The maximum Gasteiger partial charge on any atom is 0.343 e. The van der Waals surface area contributed by atoms with Crippen LogP contribution in [0.4, 0.5) is 5.69 Å². The molecular formula is C17H25ClN2O4. The molecule has 1 saturated heterocycles. The van der Waals surface area contributed by atoms with Gasteiger partial charge in [-0.1, -0.05) is 0 Å². The van der Waals surface area contributed by atoms with Gasteiger partial charge in [0.25, 0.3) is 0 Å². The van der Waals surface area contributed by atoms with Gasteiger partial charge >= 0.3 is 5.97 Å². The third-order valence-electron chi connectivity index (χ3n) is 3.96. The van der Waals surface area contributed by atoms with Gasteiger partial charge < -0.3 is 20.1 Å². The number of nitrogens with one attached hydrogen (secondary N) is 2. The maximum absolute atomic E-state index is 12.0. The van der Waals surface area contributed by atoms with Gasteiger partial charge in [-0.15, -0.1) is 12.4 Å². The average molecular weight is 357 g/mol. The van der Waals surface area contributed by atoms with Crippen molar-refractivity contribution in [1.82, 2.24) is 5.32 Å². The number of methoxy groups -OCH3 is 1. The summed E-state index contributed by atoms with van der Waals surface area (Å²) in [7, 11) is 1.31. The van der Waals surface area contributed by atoms with Crippen LogP contribution in [0, 0.1) is 5.92 Å². The summed E-state index contributed by atoms with van der Waals surface area (Å²) in [4.78, 5) is 23.0. The van der Waals surface area contributed by atoms with Crippen LogP contribution in [0.25, 0.3) is 0 Å². The van der Waals surface area contributed by atoms with Crippen molar-refractivity contribution in [3.8, 4) is 5.75 Å². The molecule has 1 aromatic rings. The van der Waals surface area contributed by atoms with Crippen LogP contribution in [-0.4, -0.2) is 38.7 Å². The third-order valence-corrected chi connectivity index (χ3v) is 3.96. The van der Waals surface area contributed by atoms with E-state index in [9.17, 15) is 9.59 Å². The van der Waals surface area contributed by atoms with E-state index in [-0.39, 0.29) is 24.9 Å². The molecule has 0 unspecified atom stereocenters. The monoisotopic (exact) mass is 356 g/mol. The number of hydrogen-bond donors (Lipinski definition) is 2. The SMILES string of the molecule is COC(=O)COc1ccc(NC(=O)CCC2CCNCC2)cc1.Cl. The van der Waals surface area contributed by atoms with Crippen LogP contribution in [0.1, 0.15) is 25.7 Å². The zero-order chi connectivity index (χ0) is 16.5. The highest BCUT2D eigenvalue weighted by Gasteiger charge is 2.14. The topological polar surface area (TPSA) is 76.7 Å². The van der Waals surface area contributed by atoms with E-state index in [0.29, 0.717) is 18.1 Å². The summed E-state index contributed by atoms with van der Waals surface area (Å²) in [6.07, 6.45) is 3.79. The zero-order valence-corrected chi connectivity index (χ0v) is 14.7. The Morgan fingerprint density at radius 2 is 1.88 bits per heavy atom. The molecule has 6 nitrogen and oxygen atoms in total. The number of carbonyl (C=O) groups is 2. The van der Waals surface area contributed by atoms with E-state index in [1.807, 2.05) is 0 Å². The normalized spacial score (nSPS) is 14.4. The average Bonchev–Trinajstić information content (AvgIpc) is 2.60. The minimum Gasteiger partial charge on any atom is -0.482 e. The van der Waals surface area contributed by atoms with Crippen molar-refractivity contribution in [3.05, 3.63) is 24.3 Å². The molecule has 1 aliphatic rings. The molecular weight excluding hydrogens is 332 g/mol. The van der Waals surface area contributed by atoms with Crippen LogP contribution in [0.15, 0.2) is 24.3 Å². The first-order valence-electron chi connectivity index (χ1n) is 7.97. The van der Waals surface area contributed by atoms with Crippen LogP contribution in [-0.2, 0) is 14.3 Å². The number of benzene rings is 1. The van der Waals surface area contributed by atoms with Crippen LogP contribution in [0.2, 0.25) is 0 Å². The molecule has 7 heteroatoms. The molecule has 0 atom stereocenters. The fourth-order valence-electron chi connectivity index (χ4n) is 2.56. The summed E-state index contributed by atoms with van der Waals surface area (Å²) in [5.41, 5.74) is 0.728. The standard InChI is InChI=1S/C17H24N2O4.ClH/c1-22-17(21)12-23-15-5-3-14(4-6-15)19-16(20)7-2-13-8-10-18-11-9-13;/h3-6,13,18H,2,7-12H2,1H3,(H,19,20);1H. The van der Waals surface area contributed by atoms with Gasteiger partial charge in [0.05, 0.1) is 7.11 Å². The molecule has 2 rings (SSSR count). The van der Waals surface area contributed by atoms with Crippen molar-refractivity contribution in [2.24, 2.45) is 5.92 Å². The predicted octanol–water partition coefficient (Wildman–Crippen LogP) is 2.38. The Bertz CT molecular complexity index is 516. The summed E-state index contributed by atoms with van der Waals surface area (Å²) in [6.45, 7) is 1.98. The fraction of sp³-hybridized carbons (Fsp3) is 0.529. The quantitative estimate of drug-likeness (QED) is 0.733. The molecule has 1 aliphatic heterocycles. The van der Waals surface area contributed by atoms with E-state index in [2.05, 4.69) is 15.4 Å². The lowest BCUT2D eigenvalue weighted by molar-refractivity contribution is -0.142. The van der Waals surface area contributed by atoms with Crippen molar-refractivity contribution < 1.29 is 19.1 Å². The van der Waals surface area contributed by atoms with Crippen molar-refractivity contribution in [2.45, 2.75) is 25.7 Å². The van der Waals surface area contributed by atoms with Gasteiger partial charge in [-0.2, -0.15) is 0 Å². The number of halogens is 1. The molecule has 134 valence electrons. The largest absolute Gasteiger partial charge is 0.482 e. The Morgan fingerprint density at radius 3 is 2.50 bits per heavy atom. The van der Waals surface area contributed by atoms with Gasteiger partial charge in [0.15, 0.2) is 6.61 Å². The number of anilines is 1. The third kappa shape index (κ3) is 7.19. The summed E-state index contributed by atoms with van der Waals surface area (Å²) in [5.74, 6) is 0.811. The van der Waals surface area contributed by atoms with Gasteiger partial charge in [-0.05, 0) is 62.5 Å². The second-order valence-corrected chi connectivity index (χ2v) is 5.67. The van der Waals surface area contributed by atoms with Crippen molar-refractivity contribution >= 4 is 30.0 Å². The van der Waals surface area contributed by atoms with Crippen LogP contribution in [0.5, 0.6) is 5.75 Å². The zero-order valence-electron chi connectivity index (χ0n) is 13.9. The first kappa shape index (κ1) is 20.3. The molecule has 1 heterocycles. The molecule has 0 aliphatic carbocycles. The van der Waals surface area contributed by atoms with E-state index in [1.165, 1.54) is 7.11 Å². The van der Waals surface area contributed by atoms with Crippen molar-refractivity contribution in [3.63, 3.8) is 0 Å². The Balaban J connectivity index is 0.00000288. The first-order chi connectivity index (χ1) is 11.2. The number of amides is 1. The molecule has 1 fully saturated rings. The lowest BCUT2D eigenvalue weighted by Gasteiger charge is -2.22. The van der Waals surface area contributed by atoms with Crippen LogP contribution >= 0.6 is 12.4 Å². The Hall–Kier alpha value is -1.79. The summed E-state index contributed by atoms with van der Waals surface area (Å²) in [6, 6.07) is 6.95. The summed E-state index contributed by atoms with van der Waals surface area (Å²) >= 11 is 0. The molecule has 2 N–H and O–H groups in total. The lowest BCUT2D eigenvalue weighted by atomic mass is 9.93. The highest BCUT2D eigenvalue weighted by Crippen LogP contribution is 2.19. The van der Waals surface area contributed by atoms with Crippen molar-refractivity contribution in [1.29, 1.82) is 0 Å². The number of esters is 1. The number of piperidine rings is 1. The molecule has 0 spiro atoms. The Morgan fingerprint density at radius 1 is 1.21 bits per heavy atom. The van der Waals surface area contributed by atoms with E-state index < -0.39 is 5.97 Å². The van der Waals surface area contributed by atoms with Gasteiger partial charge in [0, 0.05) is 12.1 Å². The van der Waals surface area contributed by atoms with Gasteiger partial charge in [-0.25, -0.2) is 4.79 Å². The molecule has 24 heavy (non-hydrogen) atoms. The number of rotatable bonds is 7. The number of hydrogen-bond acceptors (Lipinski definition) is 5. The lowest BCUT2D eigenvalue weighted by Crippen LogP contribution is -2.28. The number of carbonyl (C=O) groups excluding carboxylic acids is 2. The molecule has 0 radical (unpaired) electrons. The fourth-order valence-corrected chi connectivity index (χ4v) is 2.56. The van der Waals surface area contributed by atoms with E-state index in [1.54, 1.807) is 24.3 Å². The Labute approximate surface area is 148 Å². The molecule has 0 bridgehead atoms. The molecule has 1 amide bonds. The molecule has 0 saturated carbocycles. The van der Waals surface area contributed by atoms with Gasteiger partial charge in [0.2, 0.25) is 5.91 Å². The van der Waals surface area contributed by atoms with Gasteiger partial charge in [-0.3, -0.25) is 4.79 Å². The molecule has 1 aromatic carbocycles. The minimum absolute atomic E-state index is 0. The minimum atomic E-state index is -0.430. The van der Waals surface area contributed by atoms with E-state index in [0.717, 1.165) is 38.0 Å². The van der Waals surface area contributed by atoms with Crippen molar-refractivity contribution in [2.75, 3.05) is 32.1 Å². The summed E-state index contributed by atoms with van der Waals surface area (Å²) < 4.78 is 9.75. The maximum atomic E-state index is 12.0. The van der Waals surface area contributed by atoms with E-state index in [4.69, 9.17) is 4.74 Å². The second kappa shape index (κ2) is 10.9. The van der Waals surface area contributed by atoms with E-state index >= 15 is 0 Å². The first-order valence-corrected chi connectivity index (χ1v) is 7.97. The highest BCUT2D eigenvalue weighted by atomic mass is 35.5. The van der Waals surface area contributed by atoms with Crippen LogP contribution < -0.4 is 15.4 Å². The van der Waals surface area contributed by atoms with Gasteiger partial charge in [0.1, 0.15) is 5.75 Å². The summed E-state index contributed by atoms with van der Waals surface area (Å²) in [5, 5.41) is 6.21. The Kier molecular flexibility index (Phi) is 9.19.